The summed E-state index contributed by atoms with van der Waals surface area (Å²) in [7, 11) is -3.47. The summed E-state index contributed by atoms with van der Waals surface area (Å²) in [6, 6.07) is 13.8. The molecule has 0 aliphatic heterocycles. The lowest BCUT2D eigenvalue weighted by Crippen LogP contribution is -2.24. The minimum atomic E-state index is -3.47. The molecule has 0 saturated heterocycles. The Hall–Kier alpha value is -1.51. The van der Waals surface area contributed by atoms with Gasteiger partial charge in [0.2, 0.25) is 15.8 Å². The Bertz CT molecular complexity index is 961. The second-order valence-corrected chi connectivity index (χ2v) is 9.64. The number of carbonyl (C=O) groups is 1. The molecule has 3 aromatic rings. The largest absolute Gasteiger partial charge is 0.287 e. The first-order valence-electron chi connectivity index (χ1n) is 7.32. The van der Waals surface area contributed by atoms with E-state index in [1.807, 2.05) is 11.4 Å². The maximum Gasteiger partial charge on any atom is 0.216 e. The van der Waals surface area contributed by atoms with Crippen LogP contribution < -0.4 is 4.72 Å². The highest BCUT2D eigenvalue weighted by molar-refractivity contribution is 7.88. The molecule has 0 fully saturated rings. The zero-order valence-electron chi connectivity index (χ0n) is 12.9. The fourth-order valence-electron chi connectivity index (χ4n) is 2.16. The number of ketones is 1. The number of carbonyl (C=O) groups excluding carboxylic acids is 1. The molecule has 0 radical (unpaired) electrons. The highest BCUT2D eigenvalue weighted by Crippen LogP contribution is 2.22. The first-order valence-corrected chi connectivity index (χ1v) is 11.0. The van der Waals surface area contributed by atoms with Gasteiger partial charge in [-0.2, -0.15) is 0 Å². The third-order valence-corrected chi connectivity index (χ3v) is 6.87. The summed E-state index contributed by atoms with van der Waals surface area (Å²) >= 11 is 8.49. The van der Waals surface area contributed by atoms with Crippen molar-refractivity contribution in [1.82, 2.24) is 4.72 Å². The van der Waals surface area contributed by atoms with Crippen LogP contribution >= 0.6 is 34.3 Å². The number of hydrogen-bond acceptors (Lipinski definition) is 5. The van der Waals surface area contributed by atoms with Crippen LogP contribution in [0.5, 0.6) is 0 Å². The fraction of sp³-hybridized carbons (Fsp3) is 0.118. The molecule has 8 heteroatoms. The van der Waals surface area contributed by atoms with E-state index < -0.39 is 10.0 Å². The van der Waals surface area contributed by atoms with Crippen molar-refractivity contribution in [3.63, 3.8) is 0 Å². The summed E-state index contributed by atoms with van der Waals surface area (Å²) in [5.41, 5.74) is 0.664. The van der Waals surface area contributed by atoms with Crippen molar-refractivity contribution in [1.29, 1.82) is 0 Å². The average molecular weight is 412 g/mol. The maximum atomic E-state index is 12.3. The van der Waals surface area contributed by atoms with Crippen LogP contribution in [-0.2, 0) is 22.3 Å². The van der Waals surface area contributed by atoms with E-state index in [0.717, 1.165) is 4.88 Å². The van der Waals surface area contributed by atoms with Gasteiger partial charge in [-0.1, -0.05) is 29.8 Å². The Kier molecular flexibility index (Phi) is 5.71. The SMILES string of the molecule is O=C(c1cccs1)c1ccc(CNS(=O)(=O)Cc2ccc(Cl)cc2)s1. The Balaban J connectivity index is 1.61. The zero-order chi connectivity index (χ0) is 17.9. The molecule has 0 atom stereocenters. The Morgan fingerprint density at radius 3 is 2.48 bits per heavy atom. The molecule has 0 aliphatic carbocycles. The molecule has 0 unspecified atom stereocenters. The number of hydrogen-bond donors (Lipinski definition) is 1. The van der Waals surface area contributed by atoms with Crippen LogP contribution in [0.15, 0.2) is 53.9 Å². The molecular formula is C17H14ClNO3S3. The monoisotopic (exact) mass is 411 g/mol. The van der Waals surface area contributed by atoms with Gasteiger partial charge in [0.15, 0.2) is 0 Å². The van der Waals surface area contributed by atoms with Crippen LogP contribution in [0.2, 0.25) is 5.02 Å². The van der Waals surface area contributed by atoms with Gasteiger partial charge in [-0.05, 0) is 41.3 Å². The summed E-state index contributed by atoms with van der Waals surface area (Å²) in [6.45, 7) is 0.165. The normalized spacial score (nSPS) is 11.6. The molecule has 1 N–H and O–H groups in total. The van der Waals surface area contributed by atoms with E-state index in [9.17, 15) is 13.2 Å². The number of sulfonamides is 1. The zero-order valence-corrected chi connectivity index (χ0v) is 16.1. The summed E-state index contributed by atoms with van der Waals surface area (Å²) in [6.07, 6.45) is 0. The van der Waals surface area contributed by atoms with Crippen molar-refractivity contribution in [2.45, 2.75) is 12.3 Å². The lowest BCUT2D eigenvalue weighted by atomic mass is 10.2. The molecule has 0 saturated carbocycles. The van der Waals surface area contributed by atoms with E-state index in [2.05, 4.69) is 4.72 Å². The van der Waals surface area contributed by atoms with Crippen LogP contribution in [-0.4, -0.2) is 14.2 Å². The summed E-state index contributed by atoms with van der Waals surface area (Å²) in [4.78, 5) is 14.3. The van der Waals surface area contributed by atoms with E-state index in [-0.39, 0.29) is 18.1 Å². The van der Waals surface area contributed by atoms with Crippen molar-refractivity contribution >= 4 is 50.1 Å². The van der Waals surface area contributed by atoms with Gasteiger partial charge in [0.25, 0.3) is 0 Å². The van der Waals surface area contributed by atoms with Gasteiger partial charge in [0, 0.05) is 16.4 Å². The van der Waals surface area contributed by atoms with Crippen molar-refractivity contribution in [2.75, 3.05) is 0 Å². The van der Waals surface area contributed by atoms with Crippen molar-refractivity contribution in [3.05, 3.63) is 79.1 Å². The molecule has 4 nitrogen and oxygen atoms in total. The molecular weight excluding hydrogens is 398 g/mol. The Morgan fingerprint density at radius 2 is 1.80 bits per heavy atom. The minimum Gasteiger partial charge on any atom is -0.287 e. The minimum absolute atomic E-state index is 0.0322. The average Bonchev–Trinajstić information content (AvgIpc) is 3.26. The summed E-state index contributed by atoms with van der Waals surface area (Å²) < 4.78 is 26.9. The van der Waals surface area contributed by atoms with Crippen LogP contribution in [0.25, 0.3) is 0 Å². The number of rotatable bonds is 7. The number of halogens is 1. The van der Waals surface area contributed by atoms with Crippen LogP contribution in [0.3, 0.4) is 0 Å². The van der Waals surface area contributed by atoms with Crippen molar-refractivity contribution in [3.8, 4) is 0 Å². The topological polar surface area (TPSA) is 63.2 Å². The van der Waals surface area contributed by atoms with E-state index in [1.54, 1.807) is 42.5 Å². The van der Waals surface area contributed by atoms with Crippen LogP contribution in [0.4, 0.5) is 0 Å². The molecule has 2 aromatic heterocycles. The first kappa shape index (κ1) is 18.3. The Morgan fingerprint density at radius 1 is 1.04 bits per heavy atom. The van der Waals surface area contributed by atoms with E-state index in [1.165, 1.54) is 22.7 Å². The van der Waals surface area contributed by atoms with Crippen LogP contribution in [0, 0.1) is 0 Å². The smallest absolute Gasteiger partial charge is 0.216 e. The molecule has 1 aromatic carbocycles. The van der Waals surface area contributed by atoms with Gasteiger partial charge in [-0.3, -0.25) is 4.79 Å². The third-order valence-electron chi connectivity index (χ3n) is 3.37. The number of benzene rings is 1. The molecule has 130 valence electrons. The molecule has 0 aliphatic rings. The Labute approximate surface area is 159 Å². The molecule has 0 amide bonds. The first-order chi connectivity index (χ1) is 11.9. The fourth-order valence-corrected chi connectivity index (χ4v) is 5.13. The predicted molar refractivity (Wildman–Crippen MR) is 103 cm³/mol. The quantitative estimate of drug-likeness (QED) is 0.589. The molecule has 0 spiro atoms. The van der Waals surface area contributed by atoms with Gasteiger partial charge in [-0.25, -0.2) is 13.1 Å². The highest BCUT2D eigenvalue weighted by atomic mass is 35.5. The van der Waals surface area contributed by atoms with Gasteiger partial charge < -0.3 is 0 Å². The van der Waals surface area contributed by atoms with E-state index in [0.29, 0.717) is 20.3 Å². The third kappa shape index (κ3) is 4.99. The van der Waals surface area contributed by atoms with Gasteiger partial charge in [0.05, 0.1) is 15.5 Å². The van der Waals surface area contributed by atoms with Crippen LogP contribution in [0.1, 0.15) is 25.0 Å². The lowest BCUT2D eigenvalue weighted by Gasteiger charge is -2.06. The molecule has 2 heterocycles. The summed E-state index contributed by atoms with van der Waals surface area (Å²) in [5.74, 6) is -0.147. The summed E-state index contributed by atoms with van der Waals surface area (Å²) in [5, 5.41) is 2.42. The van der Waals surface area contributed by atoms with E-state index >= 15 is 0 Å². The lowest BCUT2D eigenvalue weighted by molar-refractivity contribution is 0.104. The second kappa shape index (κ2) is 7.80. The molecule has 0 bridgehead atoms. The van der Waals surface area contributed by atoms with Crippen molar-refractivity contribution in [2.24, 2.45) is 0 Å². The number of thiophene rings is 2. The van der Waals surface area contributed by atoms with E-state index in [4.69, 9.17) is 11.6 Å². The molecule has 3 rings (SSSR count). The predicted octanol–water partition coefficient (Wildman–Crippen LogP) is 4.31. The van der Waals surface area contributed by atoms with Gasteiger partial charge >= 0.3 is 0 Å². The van der Waals surface area contributed by atoms with Gasteiger partial charge in [0.1, 0.15) is 0 Å². The van der Waals surface area contributed by atoms with Crippen molar-refractivity contribution < 1.29 is 13.2 Å². The second-order valence-electron chi connectivity index (χ2n) is 5.28. The highest BCUT2D eigenvalue weighted by Gasteiger charge is 2.15. The maximum absolute atomic E-state index is 12.3. The standard InChI is InChI=1S/C17H14ClNO3S3/c18-13-5-3-12(4-6-13)11-25(21,22)19-10-14-7-8-16(24-14)17(20)15-2-1-9-23-15/h1-9,19H,10-11H2. The van der Waals surface area contributed by atoms with Gasteiger partial charge in [-0.15, -0.1) is 22.7 Å². The molecule has 25 heavy (non-hydrogen) atoms. The number of nitrogens with one attached hydrogen (secondary N) is 1.